The zero-order chi connectivity index (χ0) is 25.2. The lowest BCUT2D eigenvalue weighted by molar-refractivity contribution is -0.145. The molecule has 0 spiro atoms. The number of carboxylic acid groups (broad SMARTS) is 1. The first-order valence-corrected chi connectivity index (χ1v) is 11.9. The molecule has 1 saturated heterocycles. The van der Waals surface area contributed by atoms with Gasteiger partial charge in [-0.3, -0.25) is 4.79 Å². The summed E-state index contributed by atoms with van der Waals surface area (Å²) in [5.74, 6) is -1.91. The summed E-state index contributed by atoms with van der Waals surface area (Å²) in [6.45, 7) is 5.90. The number of nitrogens with one attached hydrogen (secondary N) is 2. The SMILES string of the molecule is CC(C)(C)[C@H](NC(=O)C1COC(CNC(=O)OCC2c3ccccc3-c3ccccc32)C1)C(=O)O. The molecule has 2 aliphatic rings. The van der Waals surface area contributed by atoms with Gasteiger partial charge in [0.1, 0.15) is 12.6 Å². The summed E-state index contributed by atoms with van der Waals surface area (Å²) in [4.78, 5) is 36.5. The summed E-state index contributed by atoms with van der Waals surface area (Å²) in [5.41, 5.74) is 4.00. The van der Waals surface area contributed by atoms with E-state index in [9.17, 15) is 19.5 Å². The van der Waals surface area contributed by atoms with Crippen molar-refractivity contribution in [2.75, 3.05) is 19.8 Å². The second-order valence-electron chi connectivity index (χ2n) is 10.2. The highest BCUT2D eigenvalue weighted by Crippen LogP contribution is 2.44. The van der Waals surface area contributed by atoms with Gasteiger partial charge in [-0.25, -0.2) is 9.59 Å². The van der Waals surface area contributed by atoms with Crippen LogP contribution in [0.2, 0.25) is 0 Å². The zero-order valence-electron chi connectivity index (χ0n) is 20.2. The van der Waals surface area contributed by atoms with Gasteiger partial charge in [-0.15, -0.1) is 0 Å². The van der Waals surface area contributed by atoms with Crippen molar-refractivity contribution in [2.24, 2.45) is 11.3 Å². The highest BCUT2D eigenvalue weighted by atomic mass is 16.5. The summed E-state index contributed by atoms with van der Waals surface area (Å²) >= 11 is 0. The van der Waals surface area contributed by atoms with Crippen molar-refractivity contribution in [1.29, 1.82) is 0 Å². The van der Waals surface area contributed by atoms with E-state index >= 15 is 0 Å². The lowest BCUT2D eigenvalue weighted by Crippen LogP contribution is -2.50. The third-order valence-electron chi connectivity index (χ3n) is 6.67. The second-order valence-corrected chi connectivity index (χ2v) is 10.2. The third-order valence-corrected chi connectivity index (χ3v) is 6.67. The number of ether oxygens (including phenoxy) is 2. The fraction of sp³-hybridized carbons (Fsp3) is 0.444. The molecule has 2 unspecified atom stereocenters. The maximum absolute atomic E-state index is 12.6. The van der Waals surface area contributed by atoms with Crippen LogP contribution in [0.4, 0.5) is 4.79 Å². The minimum Gasteiger partial charge on any atom is -0.480 e. The summed E-state index contributed by atoms with van der Waals surface area (Å²) in [6, 6.07) is 15.3. The van der Waals surface area contributed by atoms with E-state index in [-0.39, 0.29) is 37.7 Å². The van der Waals surface area contributed by atoms with Gasteiger partial charge in [-0.1, -0.05) is 69.3 Å². The Morgan fingerprint density at radius 1 is 1.06 bits per heavy atom. The predicted molar refractivity (Wildman–Crippen MR) is 130 cm³/mol. The molecule has 1 heterocycles. The molecule has 4 rings (SSSR count). The van der Waals surface area contributed by atoms with Crippen LogP contribution in [0.3, 0.4) is 0 Å². The van der Waals surface area contributed by atoms with Gasteiger partial charge in [0.2, 0.25) is 5.91 Å². The van der Waals surface area contributed by atoms with Crippen molar-refractivity contribution >= 4 is 18.0 Å². The first-order chi connectivity index (χ1) is 16.6. The lowest BCUT2D eigenvalue weighted by atomic mass is 9.86. The Bertz CT molecular complexity index is 1060. The van der Waals surface area contributed by atoms with Gasteiger partial charge in [0.25, 0.3) is 0 Å². The van der Waals surface area contributed by atoms with Crippen LogP contribution in [0.5, 0.6) is 0 Å². The van der Waals surface area contributed by atoms with E-state index in [0.29, 0.717) is 6.42 Å². The predicted octanol–water partition coefficient (Wildman–Crippen LogP) is 3.55. The molecule has 1 fully saturated rings. The molecule has 2 amide bonds. The molecule has 186 valence electrons. The highest BCUT2D eigenvalue weighted by molar-refractivity contribution is 5.85. The molecule has 0 radical (unpaired) electrons. The second kappa shape index (κ2) is 10.1. The molecule has 0 saturated carbocycles. The Morgan fingerprint density at radius 2 is 1.66 bits per heavy atom. The number of alkyl carbamates (subject to hydrolysis) is 1. The van der Waals surface area contributed by atoms with Gasteiger partial charge in [-0.2, -0.15) is 0 Å². The van der Waals surface area contributed by atoms with Gasteiger partial charge < -0.3 is 25.2 Å². The molecule has 1 aliphatic carbocycles. The van der Waals surface area contributed by atoms with E-state index in [2.05, 4.69) is 34.9 Å². The van der Waals surface area contributed by atoms with Crippen molar-refractivity contribution in [2.45, 2.75) is 45.3 Å². The first kappa shape index (κ1) is 24.7. The largest absolute Gasteiger partial charge is 0.480 e. The highest BCUT2D eigenvalue weighted by Gasteiger charge is 2.37. The van der Waals surface area contributed by atoms with E-state index in [4.69, 9.17) is 9.47 Å². The van der Waals surface area contributed by atoms with Crippen LogP contribution in [0.25, 0.3) is 11.1 Å². The molecule has 0 bridgehead atoms. The maximum atomic E-state index is 12.6. The molecule has 35 heavy (non-hydrogen) atoms. The molecule has 2 aromatic rings. The van der Waals surface area contributed by atoms with Crippen LogP contribution in [0, 0.1) is 11.3 Å². The van der Waals surface area contributed by atoms with Crippen LogP contribution < -0.4 is 10.6 Å². The molecule has 3 atom stereocenters. The standard InChI is InChI=1S/C27H32N2O6/c1-27(2,3)23(25(31)32)29-24(30)16-12-17(34-14-16)13-28-26(33)35-15-22-20-10-6-4-8-18(20)19-9-5-7-11-21(19)22/h4-11,16-17,22-23H,12-15H2,1-3H3,(H,28,33)(H,29,30)(H,31,32)/t16?,17?,23-/m1/s1. The Balaban J connectivity index is 1.25. The topological polar surface area (TPSA) is 114 Å². The summed E-state index contributed by atoms with van der Waals surface area (Å²) in [5, 5.41) is 14.8. The molecule has 2 aromatic carbocycles. The van der Waals surface area contributed by atoms with Crippen LogP contribution in [-0.2, 0) is 19.1 Å². The van der Waals surface area contributed by atoms with Gasteiger partial charge in [-0.05, 0) is 34.1 Å². The van der Waals surface area contributed by atoms with Crippen molar-refractivity contribution in [3.05, 3.63) is 59.7 Å². The molecule has 1 aliphatic heterocycles. The molecular formula is C27H32N2O6. The number of hydrogen-bond donors (Lipinski definition) is 3. The summed E-state index contributed by atoms with van der Waals surface area (Å²) < 4.78 is 11.2. The minimum absolute atomic E-state index is 0.0195. The third kappa shape index (κ3) is 5.48. The smallest absolute Gasteiger partial charge is 0.407 e. The molecular weight excluding hydrogens is 448 g/mol. The van der Waals surface area contributed by atoms with Gasteiger partial charge in [0.05, 0.1) is 18.6 Å². The number of aliphatic carboxylic acids is 1. The van der Waals surface area contributed by atoms with E-state index in [1.807, 2.05) is 24.3 Å². The number of fused-ring (bicyclic) bond motifs is 3. The fourth-order valence-electron chi connectivity index (χ4n) is 4.79. The zero-order valence-corrected chi connectivity index (χ0v) is 20.2. The maximum Gasteiger partial charge on any atom is 0.407 e. The summed E-state index contributed by atoms with van der Waals surface area (Å²) in [7, 11) is 0. The molecule has 8 heteroatoms. The number of carbonyl (C=O) groups excluding carboxylic acids is 2. The van der Waals surface area contributed by atoms with Gasteiger partial charge >= 0.3 is 12.1 Å². The number of carboxylic acids is 1. The summed E-state index contributed by atoms with van der Waals surface area (Å²) in [6.07, 6.45) is -0.488. The number of hydrogen-bond acceptors (Lipinski definition) is 5. The Labute approximate surface area is 205 Å². The van der Waals surface area contributed by atoms with Crippen LogP contribution in [-0.4, -0.2) is 55.0 Å². The van der Waals surface area contributed by atoms with Crippen molar-refractivity contribution < 1.29 is 29.0 Å². The number of benzene rings is 2. The van der Waals surface area contributed by atoms with Crippen molar-refractivity contribution in [1.82, 2.24) is 10.6 Å². The lowest BCUT2D eigenvalue weighted by Gasteiger charge is -2.28. The first-order valence-electron chi connectivity index (χ1n) is 11.9. The molecule has 0 aromatic heterocycles. The molecule has 3 N–H and O–H groups in total. The van der Waals surface area contributed by atoms with Crippen LogP contribution in [0.15, 0.2) is 48.5 Å². The fourth-order valence-corrected chi connectivity index (χ4v) is 4.79. The Morgan fingerprint density at radius 3 is 2.23 bits per heavy atom. The quantitative estimate of drug-likeness (QED) is 0.559. The van der Waals surface area contributed by atoms with E-state index < -0.39 is 29.4 Å². The van der Waals surface area contributed by atoms with Gasteiger partial charge in [0, 0.05) is 12.5 Å². The minimum atomic E-state index is -1.07. The number of rotatable bonds is 7. The Kier molecular flexibility index (Phi) is 7.12. The normalized spacial score (nSPS) is 20.0. The van der Waals surface area contributed by atoms with E-state index in [1.54, 1.807) is 20.8 Å². The van der Waals surface area contributed by atoms with Crippen LogP contribution >= 0.6 is 0 Å². The van der Waals surface area contributed by atoms with E-state index in [1.165, 1.54) is 0 Å². The average Bonchev–Trinajstić information content (AvgIpc) is 3.42. The van der Waals surface area contributed by atoms with Crippen LogP contribution in [0.1, 0.15) is 44.2 Å². The van der Waals surface area contributed by atoms with Gasteiger partial charge in [0.15, 0.2) is 0 Å². The van der Waals surface area contributed by atoms with Crippen molar-refractivity contribution in [3.63, 3.8) is 0 Å². The van der Waals surface area contributed by atoms with E-state index in [0.717, 1.165) is 22.3 Å². The average molecular weight is 481 g/mol. The number of amides is 2. The monoisotopic (exact) mass is 480 g/mol. The Hall–Kier alpha value is -3.39. The molecule has 8 nitrogen and oxygen atoms in total. The van der Waals surface area contributed by atoms with Crippen molar-refractivity contribution in [3.8, 4) is 11.1 Å². The number of carbonyl (C=O) groups is 3.